The minimum atomic E-state index is -2.58. The fraction of sp³-hybridized carbons (Fsp3) is 0.683. The normalized spacial score (nSPS) is 23.8. The number of ether oxygens (including phenoxy) is 1. The number of aliphatic hydroxyl groups is 4. The van der Waals surface area contributed by atoms with Crippen LogP contribution in [0.4, 0.5) is 10.5 Å². The molecule has 0 saturated carbocycles. The van der Waals surface area contributed by atoms with Gasteiger partial charge in [-0.25, -0.2) is 4.79 Å². The van der Waals surface area contributed by atoms with E-state index in [9.17, 15) is 73.2 Å². The van der Waals surface area contributed by atoms with Gasteiger partial charge in [0.25, 0.3) is 0 Å². The molecule has 1 aliphatic rings. The number of nitrogens with zero attached hydrogens (tertiary/aromatic N) is 2. The molecule has 1 saturated heterocycles. The number of benzene rings is 1. The van der Waals surface area contributed by atoms with Crippen LogP contribution in [0.3, 0.4) is 0 Å². The van der Waals surface area contributed by atoms with Crippen molar-refractivity contribution in [3.63, 3.8) is 0 Å². The molecular weight excluding hydrogens is 1280 g/mol. The molecule has 2 rings (SSSR count). The number of aliphatic hydroxyl groups excluding tert-OH is 4. The summed E-state index contributed by atoms with van der Waals surface area (Å²) in [5.74, 6) is -17.0. The number of hydrogen-bond acceptors (Lipinski definition) is 20. The Balaban J connectivity index is 3.18. The van der Waals surface area contributed by atoms with Gasteiger partial charge in [-0.1, -0.05) is 80.9 Å². The lowest BCUT2D eigenvalue weighted by Gasteiger charge is -2.34. The van der Waals surface area contributed by atoms with Crippen LogP contribution in [-0.4, -0.2) is 221 Å². The molecule has 1 aliphatic heterocycles. The second kappa shape index (κ2) is 38.8. The molecule has 1 heterocycles. The van der Waals surface area contributed by atoms with Gasteiger partial charge in [-0.05, 0) is 101 Å². The van der Waals surface area contributed by atoms with Gasteiger partial charge in [-0.3, -0.25) is 62.5 Å². The standard InChI is InChI=1S/C63H107N17O18/c1-17-31(6)41-56(93)76-42(33(8)82)55(92)68-27-40(83)74-46(48(85)49(64)86)59(96)72-39(28-81)54(91)77-43(34-20-22-35(23-21-34)80(15)16)44(78-50(87)32(7)69-53(90)38(26-62(9,10)11)73-61(97)98-63(12,13)14)57(94)79-45(47(84)30(4)5)58(95)71-37(25-29(2)3)52(89)70-36(51(88)75-41)19-18-24-67-60(65)66/h20-23,29-33,36-39,41-48,81-82,84-85H,17-19,24-28H2,1-16H3,(H2,64,86)(H,68,92)(H,69,90)(H,70,89)(H,71,95)(H,72,96)(H,73,97)(H,74,83)(H,75,88)(H,76,93)(H,77,91)(H,78,87)(H,79,94)(H4,65,66,67)/t31-,32-,33-,36+,37-,38+,39-,41-,42-,43+,44-,45-,46-,47+,48-/m0/s1. The summed E-state index contributed by atoms with van der Waals surface area (Å²) in [6.45, 7) is 19.6. The van der Waals surface area contributed by atoms with E-state index in [2.05, 4.69) is 63.5 Å². The minimum Gasteiger partial charge on any atom is -0.444 e. The summed E-state index contributed by atoms with van der Waals surface area (Å²) < 4.78 is 5.41. The summed E-state index contributed by atoms with van der Waals surface area (Å²) in [6.07, 6.45) is -7.20. The number of nitrogens with two attached hydrogens (primary N) is 3. The smallest absolute Gasteiger partial charge is 0.408 e. The van der Waals surface area contributed by atoms with Gasteiger partial charge in [-0.2, -0.15) is 0 Å². The van der Waals surface area contributed by atoms with Crippen molar-refractivity contribution in [2.75, 3.05) is 38.7 Å². The van der Waals surface area contributed by atoms with Gasteiger partial charge in [-0.15, -0.1) is 0 Å². The highest BCUT2D eigenvalue weighted by molar-refractivity contribution is 6.01. The Hall–Kier alpha value is -8.96. The Bertz CT molecular complexity index is 2970. The van der Waals surface area contributed by atoms with Gasteiger partial charge in [0.2, 0.25) is 70.9 Å². The van der Waals surface area contributed by atoms with Crippen LogP contribution in [0.25, 0.3) is 0 Å². The number of primary amides is 1. The first-order chi connectivity index (χ1) is 45.3. The summed E-state index contributed by atoms with van der Waals surface area (Å²) >= 11 is 0. The van der Waals surface area contributed by atoms with E-state index in [0.717, 1.165) is 6.92 Å². The number of nitrogens with one attached hydrogen (secondary N) is 12. The van der Waals surface area contributed by atoms with Gasteiger partial charge in [0.05, 0.1) is 31.4 Å². The molecule has 552 valence electrons. The van der Waals surface area contributed by atoms with E-state index in [0.29, 0.717) is 5.69 Å². The number of alkyl carbamates (subject to hydrolysis) is 1. The first-order valence-corrected chi connectivity index (χ1v) is 32.4. The van der Waals surface area contributed by atoms with Crippen LogP contribution in [0.5, 0.6) is 0 Å². The van der Waals surface area contributed by atoms with E-state index in [1.807, 2.05) is 5.32 Å². The number of anilines is 1. The van der Waals surface area contributed by atoms with Gasteiger partial charge in [0, 0.05) is 26.3 Å². The van der Waals surface area contributed by atoms with E-state index in [-0.39, 0.29) is 50.2 Å². The molecule has 15 atom stereocenters. The summed E-state index contributed by atoms with van der Waals surface area (Å²) in [4.78, 5) is 190. The Morgan fingerprint density at radius 1 is 0.653 bits per heavy atom. The van der Waals surface area contributed by atoms with Crippen LogP contribution in [0, 0.1) is 23.2 Å². The topological polar surface area (TPSA) is 550 Å². The van der Waals surface area contributed by atoms with E-state index in [1.165, 1.54) is 45.0 Å². The number of guanidine groups is 1. The molecule has 0 aromatic heterocycles. The second-order valence-corrected chi connectivity index (χ2v) is 27.5. The maximum absolute atomic E-state index is 15.6. The molecule has 0 spiro atoms. The van der Waals surface area contributed by atoms with Gasteiger partial charge < -0.3 is 111 Å². The van der Waals surface area contributed by atoms with Crippen molar-refractivity contribution in [2.24, 2.45) is 45.4 Å². The number of carbonyl (C=O) groups excluding carboxylic acids is 13. The zero-order valence-corrected chi connectivity index (χ0v) is 58.9. The maximum Gasteiger partial charge on any atom is 0.408 e. The van der Waals surface area contributed by atoms with Crippen LogP contribution in [0.15, 0.2) is 29.3 Å². The Morgan fingerprint density at radius 3 is 1.69 bits per heavy atom. The summed E-state index contributed by atoms with van der Waals surface area (Å²) in [5, 5.41) is 73.5. The van der Waals surface area contributed by atoms with Crippen LogP contribution in [0.1, 0.15) is 141 Å². The first-order valence-electron chi connectivity index (χ1n) is 32.4. The molecule has 1 aromatic carbocycles. The number of amides is 13. The minimum absolute atomic E-state index is 0.00585. The van der Waals surface area contributed by atoms with Crippen molar-refractivity contribution in [1.29, 1.82) is 0 Å². The fourth-order valence-electron chi connectivity index (χ4n) is 9.78. The van der Waals surface area contributed by atoms with E-state index < -0.39 is 204 Å². The van der Waals surface area contributed by atoms with E-state index >= 15 is 9.59 Å². The van der Waals surface area contributed by atoms with Crippen LogP contribution >= 0.6 is 0 Å². The molecule has 0 unspecified atom stereocenters. The van der Waals surface area contributed by atoms with E-state index in [1.54, 1.807) is 88.2 Å². The zero-order chi connectivity index (χ0) is 75.0. The quantitative estimate of drug-likeness (QED) is 0.0294. The molecule has 35 heteroatoms. The lowest BCUT2D eigenvalue weighted by molar-refractivity contribution is -0.140. The Morgan fingerprint density at radius 2 is 1.18 bits per heavy atom. The van der Waals surface area contributed by atoms with Crippen LogP contribution in [0.2, 0.25) is 0 Å². The zero-order valence-electron chi connectivity index (χ0n) is 58.9. The van der Waals surface area contributed by atoms with E-state index in [4.69, 9.17) is 21.9 Å². The summed E-state index contributed by atoms with van der Waals surface area (Å²) in [6, 6.07) is -14.3. The molecule has 13 amide bonds. The number of carbonyl (C=O) groups is 13. The largest absolute Gasteiger partial charge is 0.444 e. The Kier molecular flexibility index (Phi) is 33.7. The molecule has 22 N–H and O–H groups in total. The molecule has 0 radical (unpaired) electrons. The lowest BCUT2D eigenvalue weighted by Crippen LogP contribution is -2.65. The van der Waals surface area contributed by atoms with Crippen molar-refractivity contribution < 1.29 is 87.5 Å². The highest BCUT2D eigenvalue weighted by atomic mass is 16.6. The average molecular weight is 1390 g/mol. The van der Waals surface area contributed by atoms with Crippen molar-refractivity contribution >= 4 is 88.6 Å². The predicted molar refractivity (Wildman–Crippen MR) is 359 cm³/mol. The number of hydrogen-bond donors (Lipinski definition) is 19. The summed E-state index contributed by atoms with van der Waals surface area (Å²) in [5.41, 5.74) is 15.4. The van der Waals surface area contributed by atoms with Crippen molar-refractivity contribution in [3.05, 3.63) is 29.8 Å². The number of aliphatic imine (C=N–C) groups is 1. The molecule has 0 bridgehead atoms. The molecule has 35 nitrogen and oxygen atoms in total. The monoisotopic (exact) mass is 1390 g/mol. The third-order valence-electron chi connectivity index (χ3n) is 15.4. The molecular formula is C63H107N17O18. The van der Waals surface area contributed by atoms with Crippen LogP contribution in [-0.2, 0) is 62.3 Å². The third-order valence-corrected chi connectivity index (χ3v) is 15.4. The summed E-state index contributed by atoms with van der Waals surface area (Å²) in [7, 11) is 3.38. The van der Waals surface area contributed by atoms with Gasteiger partial charge in [0.15, 0.2) is 12.1 Å². The SMILES string of the molecule is CC[C@H](C)[C@@H]1NC(=O)[C@@H](CCCN=C(N)N)NC(=O)[C@H](CC(C)C)NC(=O)[C@H]([C@H](O)C(C)C)NC(=O)[C@@H](NC(=O)[C@H](C)NC(=O)[C@@H](CC(C)(C)C)NC(=O)OC(C)(C)C)[C@@H](c2ccc(N(C)C)cc2)NC(=O)[C@H](CO)NC(=O)[C@H]([C@H](O)C(N)=O)NC(=O)CNC(=O)[C@H]([C@H](C)O)NC1=O. The molecule has 1 aromatic rings. The molecule has 0 aliphatic carbocycles. The van der Waals surface area contributed by atoms with Crippen LogP contribution < -0.4 is 85.9 Å². The highest BCUT2D eigenvalue weighted by Crippen LogP contribution is 2.25. The molecule has 98 heavy (non-hydrogen) atoms. The van der Waals surface area contributed by atoms with Crippen molar-refractivity contribution in [2.45, 2.75) is 219 Å². The number of rotatable bonds is 22. The maximum atomic E-state index is 15.6. The van der Waals surface area contributed by atoms with Crippen molar-refractivity contribution in [3.8, 4) is 0 Å². The first kappa shape index (κ1) is 85.1. The van der Waals surface area contributed by atoms with Gasteiger partial charge >= 0.3 is 6.09 Å². The predicted octanol–water partition coefficient (Wildman–Crippen LogP) is -4.87. The average Bonchev–Trinajstić information content (AvgIpc) is 0.810. The third kappa shape index (κ3) is 28.2. The highest BCUT2D eigenvalue weighted by Gasteiger charge is 2.43. The van der Waals surface area contributed by atoms with Gasteiger partial charge in [0.1, 0.15) is 66.0 Å². The second-order valence-electron chi connectivity index (χ2n) is 27.5. The lowest BCUT2D eigenvalue weighted by atomic mass is 9.87. The fourth-order valence-corrected chi connectivity index (χ4v) is 9.78. The van der Waals surface area contributed by atoms with Crippen molar-refractivity contribution in [1.82, 2.24) is 63.8 Å². The Labute approximate surface area is 571 Å². The molecule has 1 fully saturated rings.